The normalized spacial score (nSPS) is 13.5. The Labute approximate surface area is 355 Å². The number of carbonyl (C=O) groups excluding carboxylic acids is 2. The maximum absolute atomic E-state index is 12.8. The number of ether oxygens (including phenoxy) is 4. The van der Waals surface area contributed by atoms with E-state index in [0.29, 0.717) is 17.4 Å². The molecule has 0 amide bonds. The SMILES string of the molecule is CCCC/C=C\C/C=C\CCCCCCCC(=O)OCC(COC(OCC[N+](C)(C)C)C(=O)O)OC(=O)CCCCCCCC/C=C\C/C=C\C/C=C\CCCCC. The van der Waals surface area contributed by atoms with Crippen LogP contribution in [-0.4, -0.2) is 87.4 Å². The lowest BCUT2D eigenvalue weighted by Crippen LogP contribution is -2.40. The molecule has 1 N–H and O–H groups in total. The summed E-state index contributed by atoms with van der Waals surface area (Å²) in [5.41, 5.74) is 0. The van der Waals surface area contributed by atoms with Crippen LogP contribution in [0.5, 0.6) is 0 Å². The van der Waals surface area contributed by atoms with Crippen molar-refractivity contribution in [1.82, 2.24) is 0 Å². The molecule has 334 valence electrons. The number of esters is 2. The van der Waals surface area contributed by atoms with Crippen LogP contribution in [-0.2, 0) is 33.3 Å². The molecule has 0 radical (unpaired) electrons. The number of hydrogen-bond donors (Lipinski definition) is 1. The highest BCUT2D eigenvalue weighted by molar-refractivity contribution is 5.71. The molecule has 0 aromatic carbocycles. The van der Waals surface area contributed by atoms with Gasteiger partial charge in [0, 0.05) is 12.8 Å². The van der Waals surface area contributed by atoms with Crippen molar-refractivity contribution in [2.45, 2.75) is 187 Å². The maximum Gasteiger partial charge on any atom is 0.361 e. The summed E-state index contributed by atoms with van der Waals surface area (Å²) in [6.45, 7) is 4.75. The molecule has 0 aromatic rings. The fourth-order valence-electron chi connectivity index (χ4n) is 5.86. The van der Waals surface area contributed by atoms with E-state index in [1.807, 2.05) is 21.1 Å². The Morgan fingerprint density at radius 3 is 1.43 bits per heavy atom. The Bertz CT molecular complexity index is 1140. The lowest BCUT2D eigenvalue weighted by molar-refractivity contribution is -0.870. The lowest BCUT2D eigenvalue weighted by atomic mass is 10.1. The molecule has 9 heteroatoms. The van der Waals surface area contributed by atoms with Gasteiger partial charge in [0.2, 0.25) is 0 Å². The summed E-state index contributed by atoms with van der Waals surface area (Å²) in [5, 5.41) is 9.64. The average molecular weight is 817 g/mol. The molecule has 0 spiro atoms. The van der Waals surface area contributed by atoms with Gasteiger partial charge in [-0.05, 0) is 77.0 Å². The van der Waals surface area contributed by atoms with E-state index in [0.717, 1.165) is 103 Å². The van der Waals surface area contributed by atoms with Gasteiger partial charge >= 0.3 is 17.9 Å². The van der Waals surface area contributed by atoms with Crippen molar-refractivity contribution in [3.63, 3.8) is 0 Å². The van der Waals surface area contributed by atoms with Crippen molar-refractivity contribution in [3.05, 3.63) is 60.8 Å². The van der Waals surface area contributed by atoms with Gasteiger partial charge in [-0.25, -0.2) is 4.79 Å². The van der Waals surface area contributed by atoms with Crippen LogP contribution < -0.4 is 0 Å². The van der Waals surface area contributed by atoms with Crippen molar-refractivity contribution < 1.29 is 42.9 Å². The van der Waals surface area contributed by atoms with E-state index in [1.165, 1.54) is 38.5 Å². The number of likely N-dealkylation sites (N-methyl/N-ethyl adjacent to an activating group) is 1. The third-order valence-corrected chi connectivity index (χ3v) is 9.50. The van der Waals surface area contributed by atoms with Crippen LogP contribution in [0.2, 0.25) is 0 Å². The lowest BCUT2D eigenvalue weighted by Gasteiger charge is -2.25. The fraction of sp³-hybridized carbons (Fsp3) is 0.735. The van der Waals surface area contributed by atoms with Gasteiger partial charge in [-0.3, -0.25) is 9.59 Å². The van der Waals surface area contributed by atoms with Gasteiger partial charge in [0.15, 0.2) is 6.10 Å². The molecule has 9 nitrogen and oxygen atoms in total. The second-order valence-corrected chi connectivity index (χ2v) is 16.4. The summed E-state index contributed by atoms with van der Waals surface area (Å²) in [4.78, 5) is 37.1. The highest BCUT2D eigenvalue weighted by Gasteiger charge is 2.25. The predicted octanol–water partition coefficient (Wildman–Crippen LogP) is 12.2. The van der Waals surface area contributed by atoms with E-state index in [2.05, 4.69) is 74.6 Å². The Kier molecular flexibility index (Phi) is 38.6. The molecule has 58 heavy (non-hydrogen) atoms. The number of unbranched alkanes of at least 4 members (excludes halogenated alkanes) is 16. The molecular formula is C49H86NO8+. The number of nitrogens with zero attached hydrogens (tertiary/aromatic N) is 1. The van der Waals surface area contributed by atoms with E-state index < -0.39 is 24.3 Å². The van der Waals surface area contributed by atoms with Crippen molar-refractivity contribution in [2.24, 2.45) is 0 Å². The molecule has 2 unspecified atom stereocenters. The summed E-state index contributed by atoms with van der Waals surface area (Å²) in [7, 11) is 5.94. The zero-order valence-electron chi connectivity index (χ0n) is 37.7. The zero-order valence-corrected chi connectivity index (χ0v) is 37.7. The van der Waals surface area contributed by atoms with E-state index in [4.69, 9.17) is 18.9 Å². The summed E-state index contributed by atoms with van der Waals surface area (Å²) < 4.78 is 22.7. The monoisotopic (exact) mass is 817 g/mol. The van der Waals surface area contributed by atoms with Gasteiger partial charge in [-0.1, -0.05) is 145 Å². The third-order valence-electron chi connectivity index (χ3n) is 9.50. The largest absolute Gasteiger partial charge is 0.477 e. The number of quaternary nitrogens is 1. The molecule has 0 saturated heterocycles. The molecule has 0 fully saturated rings. The minimum atomic E-state index is -1.52. The van der Waals surface area contributed by atoms with Gasteiger partial charge in [0.1, 0.15) is 13.2 Å². The molecular weight excluding hydrogens is 731 g/mol. The second-order valence-electron chi connectivity index (χ2n) is 16.4. The molecule has 0 rings (SSSR count). The Morgan fingerprint density at radius 2 is 0.948 bits per heavy atom. The van der Waals surface area contributed by atoms with Crippen LogP contribution in [0, 0.1) is 0 Å². The Balaban J connectivity index is 4.48. The van der Waals surface area contributed by atoms with Crippen LogP contribution in [0.15, 0.2) is 60.8 Å². The highest BCUT2D eigenvalue weighted by Crippen LogP contribution is 2.13. The summed E-state index contributed by atoms with van der Waals surface area (Å²) >= 11 is 0. The van der Waals surface area contributed by atoms with Crippen molar-refractivity contribution >= 4 is 17.9 Å². The minimum Gasteiger partial charge on any atom is -0.477 e. The topological polar surface area (TPSA) is 108 Å². The van der Waals surface area contributed by atoms with E-state index in [1.54, 1.807) is 0 Å². The first kappa shape index (κ1) is 55.0. The quantitative estimate of drug-likeness (QED) is 0.0214. The number of allylic oxidation sites excluding steroid dienone is 10. The summed E-state index contributed by atoms with van der Waals surface area (Å²) in [6, 6.07) is 0. The standard InChI is InChI=1S/C49H85NO8/c1-6-8-10-12-14-16-18-20-22-23-24-25-26-28-30-32-34-36-38-40-47(52)58-45(44-57-49(48(53)54)55-42-41-50(3,4)5)43-56-46(51)39-37-35-33-31-29-27-21-19-17-15-13-11-9-7-2/h13-16,19-22,24-25,45,49H,6-12,17-18,23,26-44H2,1-5H3/p+1/b15-13-,16-14-,21-19-,22-20-,25-24-. The van der Waals surface area contributed by atoms with Crippen molar-refractivity contribution in [3.8, 4) is 0 Å². The number of carboxylic acid groups (broad SMARTS) is 1. The van der Waals surface area contributed by atoms with Gasteiger partial charge in [0.05, 0.1) is 34.4 Å². The first-order chi connectivity index (χ1) is 28.1. The summed E-state index contributed by atoms with van der Waals surface area (Å²) in [5.74, 6) is -2.05. The fourth-order valence-corrected chi connectivity index (χ4v) is 5.86. The minimum absolute atomic E-state index is 0.180. The third kappa shape index (κ3) is 41.2. The smallest absolute Gasteiger partial charge is 0.361 e. The number of carboxylic acids is 1. The molecule has 0 aliphatic carbocycles. The van der Waals surface area contributed by atoms with Crippen LogP contribution >= 0.6 is 0 Å². The molecule has 2 atom stereocenters. The molecule has 0 aromatic heterocycles. The highest BCUT2D eigenvalue weighted by atomic mass is 16.7. The Morgan fingerprint density at radius 1 is 0.517 bits per heavy atom. The van der Waals surface area contributed by atoms with E-state index >= 15 is 0 Å². The van der Waals surface area contributed by atoms with E-state index in [-0.39, 0.29) is 38.6 Å². The summed E-state index contributed by atoms with van der Waals surface area (Å²) in [6.07, 6.45) is 45.6. The number of hydrogen-bond acceptors (Lipinski definition) is 7. The van der Waals surface area contributed by atoms with Gasteiger partial charge in [-0.15, -0.1) is 0 Å². The first-order valence-electron chi connectivity index (χ1n) is 23.0. The van der Waals surface area contributed by atoms with Crippen molar-refractivity contribution in [1.29, 1.82) is 0 Å². The average Bonchev–Trinajstić information content (AvgIpc) is 3.18. The molecule has 0 aliphatic heterocycles. The van der Waals surface area contributed by atoms with Gasteiger partial charge < -0.3 is 28.5 Å². The van der Waals surface area contributed by atoms with Crippen LogP contribution in [0.3, 0.4) is 0 Å². The van der Waals surface area contributed by atoms with Crippen LogP contribution in [0.1, 0.15) is 174 Å². The number of carbonyl (C=O) groups is 3. The number of aliphatic carboxylic acids is 1. The molecule has 0 saturated carbocycles. The first-order valence-corrected chi connectivity index (χ1v) is 23.0. The van der Waals surface area contributed by atoms with Crippen LogP contribution in [0.25, 0.3) is 0 Å². The molecule has 0 aliphatic rings. The maximum atomic E-state index is 12.8. The van der Waals surface area contributed by atoms with Crippen LogP contribution in [0.4, 0.5) is 0 Å². The van der Waals surface area contributed by atoms with Gasteiger partial charge in [0.25, 0.3) is 6.29 Å². The Hall–Kier alpha value is -3.01. The van der Waals surface area contributed by atoms with E-state index in [9.17, 15) is 19.5 Å². The molecule has 0 bridgehead atoms. The predicted molar refractivity (Wildman–Crippen MR) is 240 cm³/mol. The zero-order chi connectivity index (χ0) is 42.8. The van der Waals surface area contributed by atoms with Crippen molar-refractivity contribution in [2.75, 3.05) is 47.5 Å². The number of rotatable bonds is 41. The van der Waals surface area contributed by atoms with Gasteiger partial charge in [-0.2, -0.15) is 0 Å². The second kappa shape index (κ2) is 40.8. The molecule has 0 heterocycles.